The monoisotopic (exact) mass is 315 g/mol. The summed E-state index contributed by atoms with van der Waals surface area (Å²) in [5, 5.41) is 11.1. The lowest BCUT2D eigenvalue weighted by molar-refractivity contribution is 0.0448. The molecule has 0 aromatic heterocycles. The van der Waals surface area contributed by atoms with Gasteiger partial charge >= 0.3 is 0 Å². The summed E-state index contributed by atoms with van der Waals surface area (Å²) in [6, 6.07) is 28.8. The van der Waals surface area contributed by atoms with Crippen molar-refractivity contribution in [3.8, 4) is 0 Å². The molecule has 0 unspecified atom stereocenters. The highest BCUT2D eigenvalue weighted by molar-refractivity contribution is 5.33. The largest absolute Gasteiger partial charge is 0.386 e. The van der Waals surface area contributed by atoms with Gasteiger partial charge in [-0.05, 0) is 22.3 Å². The van der Waals surface area contributed by atoms with Crippen molar-refractivity contribution in [1.29, 1.82) is 0 Å². The van der Waals surface area contributed by atoms with Gasteiger partial charge in [0.05, 0.1) is 12.1 Å². The maximum atomic E-state index is 11.1. The van der Waals surface area contributed by atoms with Crippen LogP contribution in [0.25, 0.3) is 0 Å². The normalized spacial score (nSPS) is 16.5. The van der Waals surface area contributed by atoms with Crippen LogP contribution in [-0.4, -0.2) is 10.0 Å². The molecule has 0 saturated heterocycles. The molecular weight excluding hydrogens is 294 g/mol. The molecule has 1 N–H and O–H groups in total. The summed E-state index contributed by atoms with van der Waals surface area (Å²) in [7, 11) is 0. The molecule has 0 radical (unpaired) electrons. The SMILES string of the molecule is O[C@H](c1ccccc1)[C@H](c1ccccc1)N1Cc2ccccc2C1. The molecule has 0 bridgehead atoms. The van der Waals surface area contributed by atoms with Gasteiger partial charge in [0.1, 0.15) is 0 Å². The van der Waals surface area contributed by atoms with Crippen molar-refractivity contribution in [3.05, 3.63) is 107 Å². The van der Waals surface area contributed by atoms with Crippen LogP contribution in [-0.2, 0) is 13.1 Å². The third kappa shape index (κ3) is 2.86. The summed E-state index contributed by atoms with van der Waals surface area (Å²) in [4.78, 5) is 2.37. The zero-order valence-electron chi connectivity index (χ0n) is 13.5. The van der Waals surface area contributed by atoms with Gasteiger partial charge in [0.2, 0.25) is 0 Å². The zero-order valence-corrected chi connectivity index (χ0v) is 13.5. The van der Waals surface area contributed by atoms with Crippen LogP contribution in [0.2, 0.25) is 0 Å². The van der Waals surface area contributed by atoms with Crippen molar-refractivity contribution in [2.75, 3.05) is 0 Å². The summed E-state index contributed by atoms with van der Waals surface area (Å²) >= 11 is 0. The molecule has 2 heteroatoms. The van der Waals surface area contributed by atoms with Crippen LogP contribution in [0.3, 0.4) is 0 Å². The first-order chi connectivity index (χ1) is 11.8. The maximum absolute atomic E-state index is 11.1. The average Bonchev–Trinajstić information content (AvgIpc) is 3.07. The Balaban J connectivity index is 1.70. The molecule has 0 amide bonds. The highest BCUT2D eigenvalue weighted by atomic mass is 16.3. The fourth-order valence-electron chi connectivity index (χ4n) is 3.63. The van der Waals surface area contributed by atoms with Crippen molar-refractivity contribution in [1.82, 2.24) is 4.90 Å². The smallest absolute Gasteiger partial charge is 0.0987 e. The number of fused-ring (bicyclic) bond motifs is 1. The molecule has 4 rings (SSSR count). The minimum atomic E-state index is -0.553. The molecule has 1 heterocycles. The topological polar surface area (TPSA) is 23.5 Å². The predicted molar refractivity (Wildman–Crippen MR) is 96.3 cm³/mol. The zero-order chi connectivity index (χ0) is 16.4. The van der Waals surface area contributed by atoms with Crippen LogP contribution in [0.1, 0.15) is 34.4 Å². The van der Waals surface area contributed by atoms with E-state index in [9.17, 15) is 5.11 Å². The number of aliphatic hydroxyl groups is 1. The Morgan fingerprint density at radius 3 is 1.62 bits per heavy atom. The quantitative estimate of drug-likeness (QED) is 0.767. The van der Waals surface area contributed by atoms with Crippen LogP contribution in [0.5, 0.6) is 0 Å². The molecule has 0 aliphatic carbocycles. The van der Waals surface area contributed by atoms with Crippen molar-refractivity contribution >= 4 is 0 Å². The third-order valence-electron chi connectivity index (χ3n) is 4.84. The molecule has 0 spiro atoms. The van der Waals surface area contributed by atoms with Gasteiger partial charge in [0.15, 0.2) is 0 Å². The van der Waals surface area contributed by atoms with E-state index in [0.717, 1.165) is 24.2 Å². The summed E-state index contributed by atoms with van der Waals surface area (Å²) in [5.41, 5.74) is 4.83. The van der Waals surface area contributed by atoms with E-state index in [1.807, 2.05) is 48.5 Å². The lowest BCUT2D eigenvalue weighted by atomic mass is 9.94. The Morgan fingerprint density at radius 2 is 1.08 bits per heavy atom. The van der Waals surface area contributed by atoms with E-state index < -0.39 is 6.10 Å². The number of nitrogens with zero attached hydrogens (tertiary/aromatic N) is 1. The minimum absolute atomic E-state index is 0.0546. The second-order valence-corrected chi connectivity index (χ2v) is 6.38. The number of benzene rings is 3. The Hall–Kier alpha value is -2.42. The van der Waals surface area contributed by atoms with Crippen molar-refractivity contribution in [3.63, 3.8) is 0 Å². The molecule has 120 valence electrons. The molecular formula is C22H21NO. The lowest BCUT2D eigenvalue weighted by Crippen LogP contribution is -2.28. The molecule has 1 aliphatic heterocycles. The Bertz CT molecular complexity index is 775. The van der Waals surface area contributed by atoms with Crippen LogP contribution >= 0.6 is 0 Å². The van der Waals surface area contributed by atoms with Gasteiger partial charge in [0, 0.05) is 13.1 Å². The highest BCUT2D eigenvalue weighted by Gasteiger charge is 2.32. The maximum Gasteiger partial charge on any atom is 0.0987 e. The van der Waals surface area contributed by atoms with Crippen molar-refractivity contribution in [2.45, 2.75) is 25.2 Å². The molecule has 1 aliphatic rings. The van der Waals surface area contributed by atoms with E-state index in [0.29, 0.717) is 0 Å². The summed E-state index contributed by atoms with van der Waals surface area (Å²) in [6.45, 7) is 1.75. The van der Waals surface area contributed by atoms with Gasteiger partial charge in [-0.2, -0.15) is 0 Å². The fraction of sp³-hybridized carbons (Fsp3) is 0.182. The Labute approximate surface area is 143 Å². The van der Waals surface area contributed by atoms with Crippen molar-refractivity contribution in [2.24, 2.45) is 0 Å². The summed E-state index contributed by atoms with van der Waals surface area (Å²) in [6.07, 6.45) is -0.553. The van der Waals surface area contributed by atoms with Gasteiger partial charge in [-0.1, -0.05) is 84.9 Å². The highest BCUT2D eigenvalue weighted by Crippen LogP contribution is 2.39. The van der Waals surface area contributed by atoms with E-state index in [-0.39, 0.29) is 6.04 Å². The Morgan fingerprint density at radius 1 is 0.625 bits per heavy atom. The lowest BCUT2D eigenvalue weighted by Gasteiger charge is -2.32. The van der Waals surface area contributed by atoms with Gasteiger partial charge < -0.3 is 5.11 Å². The summed E-state index contributed by atoms with van der Waals surface area (Å²) in [5.74, 6) is 0. The van der Waals surface area contributed by atoms with E-state index >= 15 is 0 Å². The van der Waals surface area contributed by atoms with E-state index in [1.54, 1.807) is 0 Å². The Kier molecular flexibility index (Phi) is 4.16. The molecule has 3 aromatic rings. The second-order valence-electron chi connectivity index (χ2n) is 6.38. The number of hydrogen-bond donors (Lipinski definition) is 1. The van der Waals surface area contributed by atoms with E-state index in [1.165, 1.54) is 11.1 Å². The third-order valence-corrected chi connectivity index (χ3v) is 4.84. The number of rotatable bonds is 4. The van der Waals surface area contributed by atoms with Crippen LogP contribution in [0.4, 0.5) is 0 Å². The number of aliphatic hydroxyl groups excluding tert-OH is 1. The molecule has 0 fully saturated rings. The second kappa shape index (κ2) is 6.60. The molecule has 0 saturated carbocycles. The van der Waals surface area contributed by atoms with Crippen LogP contribution in [0, 0.1) is 0 Å². The standard InChI is InChI=1S/C22H21NO/c24-22(18-11-5-2-6-12-18)21(17-9-3-1-4-10-17)23-15-19-13-7-8-14-20(19)16-23/h1-14,21-22,24H,15-16H2/t21-,22+/m0/s1. The molecule has 2 nitrogen and oxygen atoms in total. The minimum Gasteiger partial charge on any atom is -0.386 e. The molecule has 24 heavy (non-hydrogen) atoms. The van der Waals surface area contributed by atoms with E-state index in [4.69, 9.17) is 0 Å². The first-order valence-electron chi connectivity index (χ1n) is 8.42. The first-order valence-corrected chi connectivity index (χ1v) is 8.42. The first kappa shape index (κ1) is 15.1. The van der Waals surface area contributed by atoms with Gasteiger partial charge in [0.25, 0.3) is 0 Å². The summed E-state index contributed by atoms with van der Waals surface area (Å²) < 4.78 is 0. The van der Waals surface area contributed by atoms with E-state index in [2.05, 4.69) is 41.3 Å². The van der Waals surface area contributed by atoms with Crippen LogP contribution < -0.4 is 0 Å². The number of hydrogen-bond acceptors (Lipinski definition) is 2. The van der Waals surface area contributed by atoms with Crippen LogP contribution in [0.15, 0.2) is 84.9 Å². The predicted octanol–water partition coefficient (Wildman–Crippen LogP) is 4.48. The average molecular weight is 315 g/mol. The van der Waals surface area contributed by atoms with Gasteiger partial charge in [-0.15, -0.1) is 0 Å². The van der Waals surface area contributed by atoms with Gasteiger partial charge in [-0.25, -0.2) is 0 Å². The van der Waals surface area contributed by atoms with Crippen molar-refractivity contribution < 1.29 is 5.11 Å². The molecule has 2 atom stereocenters. The molecule has 3 aromatic carbocycles. The fourth-order valence-corrected chi connectivity index (χ4v) is 3.63. The van der Waals surface area contributed by atoms with Gasteiger partial charge in [-0.3, -0.25) is 4.90 Å².